The summed E-state index contributed by atoms with van der Waals surface area (Å²) in [5.41, 5.74) is 0. The third-order valence-electron chi connectivity index (χ3n) is 0.842. The van der Waals surface area contributed by atoms with Gasteiger partial charge in [-0.15, -0.1) is 23.2 Å². The number of hydrogen-bond acceptors (Lipinski definition) is 0. The van der Waals surface area contributed by atoms with E-state index in [0.717, 1.165) is 6.92 Å². The number of hydrogen-bond donors (Lipinski definition) is 0. The summed E-state index contributed by atoms with van der Waals surface area (Å²) in [5.74, 6) is -0.627. The maximum Gasteiger partial charge on any atom is 0.408 e. The van der Waals surface area contributed by atoms with Crippen molar-refractivity contribution in [1.82, 2.24) is 0 Å². The van der Waals surface area contributed by atoms with Crippen LogP contribution in [0.15, 0.2) is 0 Å². The van der Waals surface area contributed by atoms with Gasteiger partial charge in [0.1, 0.15) is 0 Å². The normalized spacial score (nSPS) is 19.3. The first-order valence-electron chi connectivity index (χ1n) is 2.13. The number of halogens is 5. The molecule has 0 heterocycles. The molecule has 56 valence electrons. The molecule has 1 unspecified atom stereocenters. The zero-order valence-corrected chi connectivity index (χ0v) is 6.11. The monoisotopic (exact) mass is 180 g/mol. The second kappa shape index (κ2) is 2.54. The molecule has 0 aliphatic rings. The lowest BCUT2D eigenvalue weighted by atomic mass is 10.2. The molecule has 9 heavy (non-hydrogen) atoms. The molecule has 5 heteroatoms. The van der Waals surface area contributed by atoms with Gasteiger partial charge in [-0.3, -0.25) is 0 Å². The highest BCUT2D eigenvalue weighted by molar-refractivity contribution is 6.31. The summed E-state index contributed by atoms with van der Waals surface area (Å²) in [6.07, 6.45) is -4.42. The van der Waals surface area contributed by atoms with E-state index in [-0.39, 0.29) is 0 Å². The zero-order chi connectivity index (χ0) is 7.71. The first-order chi connectivity index (χ1) is 3.81. The Morgan fingerprint density at radius 2 is 1.67 bits per heavy atom. The third-order valence-corrected chi connectivity index (χ3v) is 1.86. The average Bonchev–Trinajstić information content (AvgIpc) is 1.64. The van der Waals surface area contributed by atoms with E-state index in [0.29, 0.717) is 0 Å². The van der Waals surface area contributed by atoms with Crippen molar-refractivity contribution in [2.45, 2.75) is 18.0 Å². The molecule has 0 aromatic carbocycles. The predicted octanol–water partition coefficient (Wildman–Crippen LogP) is 2.79. The highest BCUT2D eigenvalue weighted by atomic mass is 35.5. The second-order valence-corrected chi connectivity index (χ2v) is 2.93. The van der Waals surface area contributed by atoms with Crippen molar-refractivity contribution in [2.75, 3.05) is 5.88 Å². The maximum atomic E-state index is 11.6. The van der Waals surface area contributed by atoms with Crippen LogP contribution in [0.3, 0.4) is 0 Å². The van der Waals surface area contributed by atoms with Gasteiger partial charge in [0.25, 0.3) is 0 Å². The lowest BCUT2D eigenvalue weighted by Crippen LogP contribution is -2.38. The van der Waals surface area contributed by atoms with Crippen LogP contribution in [0.1, 0.15) is 6.92 Å². The van der Waals surface area contributed by atoms with E-state index in [2.05, 4.69) is 0 Å². The lowest BCUT2D eigenvalue weighted by molar-refractivity contribution is -0.152. The van der Waals surface area contributed by atoms with Gasteiger partial charge in [0.05, 0.1) is 5.88 Å². The van der Waals surface area contributed by atoms with E-state index in [1.807, 2.05) is 0 Å². The topological polar surface area (TPSA) is 0 Å². The fraction of sp³-hybridized carbons (Fsp3) is 1.00. The third kappa shape index (κ3) is 2.22. The van der Waals surface area contributed by atoms with Crippen LogP contribution in [-0.2, 0) is 0 Å². The Morgan fingerprint density at radius 3 is 1.67 bits per heavy atom. The fourth-order valence-electron chi connectivity index (χ4n) is 0.0758. The average molecular weight is 181 g/mol. The van der Waals surface area contributed by atoms with Gasteiger partial charge in [0, 0.05) is 0 Å². The molecule has 0 N–H and O–H groups in total. The van der Waals surface area contributed by atoms with E-state index < -0.39 is 16.9 Å². The van der Waals surface area contributed by atoms with Crippen LogP contribution in [-0.4, -0.2) is 16.9 Å². The molecule has 0 aromatic heterocycles. The minimum Gasteiger partial charge on any atom is -0.169 e. The summed E-state index contributed by atoms with van der Waals surface area (Å²) in [4.78, 5) is -2.28. The van der Waals surface area contributed by atoms with Crippen LogP contribution in [0.2, 0.25) is 0 Å². The molecule has 0 aliphatic carbocycles. The van der Waals surface area contributed by atoms with Crippen LogP contribution in [0.5, 0.6) is 0 Å². The van der Waals surface area contributed by atoms with Crippen molar-refractivity contribution in [3.8, 4) is 0 Å². The zero-order valence-electron chi connectivity index (χ0n) is 4.60. The molecule has 0 amide bonds. The molecule has 0 spiro atoms. The van der Waals surface area contributed by atoms with Gasteiger partial charge in [-0.2, -0.15) is 13.2 Å². The van der Waals surface area contributed by atoms with Gasteiger partial charge in [-0.05, 0) is 6.92 Å². The molecule has 0 aromatic rings. The van der Waals surface area contributed by atoms with Gasteiger partial charge in [0.2, 0.25) is 0 Å². The molecule has 0 bridgehead atoms. The van der Waals surface area contributed by atoms with E-state index >= 15 is 0 Å². The minimum absolute atomic E-state index is 0.627. The molecule has 0 rings (SSSR count). The van der Waals surface area contributed by atoms with E-state index in [4.69, 9.17) is 23.2 Å². The predicted molar refractivity (Wildman–Crippen MR) is 31.0 cm³/mol. The van der Waals surface area contributed by atoms with Gasteiger partial charge in [0.15, 0.2) is 4.87 Å². The van der Waals surface area contributed by atoms with Crippen LogP contribution < -0.4 is 0 Å². The highest BCUT2D eigenvalue weighted by Crippen LogP contribution is 2.36. The van der Waals surface area contributed by atoms with Crippen LogP contribution >= 0.6 is 23.2 Å². The van der Waals surface area contributed by atoms with Gasteiger partial charge in [-0.1, -0.05) is 0 Å². The summed E-state index contributed by atoms with van der Waals surface area (Å²) in [7, 11) is 0. The Kier molecular flexibility index (Phi) is 2.65. The Balaban J connectivity index is 4.14. The Hall–Kier alpha value is 0.370. The van der Waals surface area contributed by atoms with E-state index in [1.54, 1.807) is 0 Å². The summed E-state index contributed by atoms with van der Waals surface area (Å²) < 4.78 is 34.9. The number of alkyl halides is 5. The molecular weight excluding hydrogens is 176 g/mol. The Morgan fingerprint density at radius 1 is 1.33 bits per heavy atom. The summed E-state index contributed by atoms with van der Waals surface area (Å²) in [5, 5.41) is 0. The largest absolute Gasteiger partial charge is 0.408 e. The van der Waals surface area contributed by atoms with Gasteiger partial charge in [-0.25, -0.2) is 0 Å². The summed E-state index contributed by atoms with van der Waals surface area (Å²) in [6, 6.07) is 0. The van der Waals surface area contributed by atoms with Crippen molar-refractivity contribution < 1.29 is 13.2 Å². The van der Waals surface area contributed by atoms with Crippen molar-refractivity contribution in [3.63, 3.8) is 0 Å². The van der Waals surface area contributed by atoms with Crippen molar-refractivity contribution in [1.29, 1.82) is 0 Å². The number of rotatable bonds is 1. The fourth-order valence-corrected chi connectivity index (χ4v) is 0.227. The van der Waals surface area contributed by atoms with Crippen LogP contribution in [0.25, 0.3) is 0 Å². The molecule has 0 aliphatic heterocycles. The van der Waals surface area contributed by atoms with Crippen LogP contribution in [0.4, 0.5) is 13.2 Å². The highest BCUT2D eigenvalue weighted by Gasteiger charge is 2.49. The molecular formula is C4H5Cl2F3. The van der Waals surface area contributed by atoms with Gasteiger partial charge >= 0.3 is 6.18 Å². The lowest BCUT2D eigenvalue weighted by Gasteiger charge is -2.21. The quantitative estimate of drug-likeness (QED) is 0.545. The van der Waals surface area contributed by atoms with Crippen molar-refractivity contribution in [2.24, 2.45) is 0 Å². The summed E-state index contributed by atoms with van der Waals surface area (Å²) in [6.45, 7) is 0.835. The van der Waals surface area contributed by atoms with E-state index in [1.165, 1.54) is 0 Å². The molecule has 0 radical (unpaired) electrons. The van der Waals surface area contributed by atoms with E-state index in [9.17, 15) is 13.2 Å². The molecule has 0 nitrogen and oxygen atoms in total. The van der Waals surface area contributed by atoms with Crippen LogP contribution in [0, 0.1) is 0 Å². The summed E-state index contributed by atoms with van der Waals surface area (Å²) >= 11 is 9.87. The second-order valence-electron chi connectivity index (χ2n) is 1.83. The minimum atomic E-state index is -4.42. The first kappa shape index (κ1) is 9.37. The van der Waals surface area contributed by atoms with Crippen molar-refractivity contribution in [3.05, 3.63) is 0 Å². The standard InChI is InChI=1S/C4H5Cl2F3/c1-3(6,2-5)4(7,8)9/h2H2,1H3. The van der Waals surface area contributed by atoms with Crippen molar-refractivity contribution >= 4 is 23.2 Å². The van der Waals surface area contributed by atoms with Gasteiger partial charge < -0.3 is 0 Å². The Labute approximate surface area is 60.9 Å². The SMILES string of the molecule is CC(Cl)(CCl)C(F)(F)F. The first-order valence-corrected chi connectivity index (χ1v) is 3.04. The molecule has 0 saturated carbocycles. The Bertz CT molecular complexity index is 96.5. The molecule has 0 fully saturated rings. The molecule has 0 saturated heterocycles. The molecule has 1 atom stereocenters. The smallest absolute Gasteiger partial charge is 0.169 e. The maximum absolute atomic E-state index is 11.6.